The number of carbonyl (C=O) groups excluding carboxylic acids is 1. The highest BCUT2D eigenvalue weighted by atomic mass is 16.1. The second kappa shape index (κ2) is 6.31. The molecule has 0 aromatic carbocycles. The largest absolute Gasteiger partial charge is 0.338 e. The Morgan fingerprint density at radius 2 is 1.90 bits per heavy atom. The number of carbonyl (C=O) groups is 1. The predicted octanol–water partition coefficient (Wildman–Crippen LogP) is 1.36. The average Bonchev–Trinajstić information content (AvgIpc) is 2.92. The van der Waals surface area contributed by atoms with Crippen molar-refractivity contribution >= 4 is 11.7 Å². The highest BCUT2D eigenvalue weighted by Crippen LogP contribution is 2.24. The third kappa shape index (κ3) is 3.15. The van der Waals surface area contributed by atoms with Crippen molar-refractivity contribution in [3.8, 4) is 0 Å². The molecule has 5 nitrogen and oxygen atoms in total. The third-order valence-electron chi connectivity index (χ3n) is 4.43. The Morgan fingerprint density at radius 3 is 2.55 bits per heavy atom. The molecule has 1 aliphatic heterocycles. The van der Waals surface area contributed by atoms with Crippen molar-refractivity contribution in [1.82, 2.24) is 14.9 Å². The van der Waals surface area contributed by atoms with E-state index in [4.69, 9.17) is 0 Å². The molecular weight excluding hydrogens is 252 g/mol. The molecule has 108 valence electrons. The molecule has 2 heterocycles. The summed E-state index contributed by atoms with van der Waals surface area (Å²) < 4.78 is 0. The van der Waals surface area contributed by atoms with Gasteiger partial charge in [0, 0.05) is 50.9 Å². The summed E-state index contributed by atoms with van der Waals surface area (Å²) in [6.45, 7) is 5.09. The average molecular weight is 274 g/mol. The van der Waals surface area contributed by atoms with E-state index in [1.54, 1.807) is 12.4 Å². The van der Waals surface area contributed by atoms with E-state index in [0.29, 0.717) is 11.7 Å². The molecule has 0 amide bonds. The number of nitrogens with zero attached hydrogens (tertiary/aromatic N) is 4. The third-order valence-corrected chi connectivity index (χ3v) is 4.43. The minimum absolute atomic E-state index is 0.338. The van der Waals surface area contributed by atoms with Crippen LogP contribution in [0.5, 0.6) is 0 Å². The van der Waals surface area contributed by atoms with E-state index in [2.05, 4.69) is 19.8 Å². The Labute approximate surface area is 120 Å². The first-order valence-electron chi connectivity index (χ1n) is 7.60. The van der Waals surface area contributed by atoms with E-state index in [-0.39, 0.29) is 0 Å². The van der Waals surface area contributed by atoms with Crippen molar-refractivity contribution in [3.05, 3.63) is 18.5 Å². The van der Waals surface area contributed by atoms with Crippen molar-refractivity contribution in [2.45, 2.75) is 25.7 Å². The molecule has 1 saturated heterocycles. The van der Waals surface area contributed by atoms with E-state index in [0.717, 1.165) is 64.4 Å². The molecule has 1 atom stereocenters. The maximum atomic E-state index is 11.6. The topological polar surface area (TPSA) is 49.3 Å². The normalized spacial score (nSPS) is 24.3. The Hall–Kier alpha value is -1.49. The van der Waals surface area contributed by atoms with Crippen LogP contribution in [0.4, 0.5) is 5.95 Å². The summed E-state index contributed by atoms with van der Waals surface area (Å²) in [6.07, 6.45) is 7.64. The lowest BCUT2D eigenvalue weighted by atomic mass is 10.0. The second-order valence-corrected chi connectivity index (χ2v) is 5.72. The molecule has 1 aromatic heterocycles. The number of rotatable bonds is 4. The summed E-state index contributed by atoms with van der Waals surface area (Å²) in [6, 6.07) is 1.85. The van der Waals surface area contributed by atoms with Gasteiger partial charge in [-0.1, -0.05) is 0 Å². The molecular formula is C15H22N4O. The number of aromatic nitrogens is 2. The molecule has 0 N–H and O–H groups in total. The summed E-state index contributed by atoms with van der Waals surface area (Å²) in [4.78, 5) is 24.9. The Bertz CT molecular complexity index is 442. The molecule has 5 heteroatoms. The first kappa shape index (κ1) is 13.5. The van der Waals surface area contributed by atoms with E-state index >= 15 is 0 Å². The lowest BCUT2D eigenvalue weighted by molar-refractivity contribution is -0.120. The summed E-state index contributed by atoms with van der Waals surface area (Å²) in [5.74, 6) is 1.66. The Morgan fingerprint density at radius 1 is 1.15 bits per heavy atom. The summed E-state index contributed by atoms with van der Waals surface area (Å²) >= 11 is 0. The second-order valence-electron chi connectivity index (χ2n) is 5.72. The van der Waals surface area contributed by atoms with Crippen LogP contribution in [0.2, 0.25) is 0 Å². The van der Waals surface area contributed by atoms with E-state index in [1.807, 2.05) is 6.07 Å². The number of hydrogen-bond acceptors (Lipinski definition) is 5. The smallest absolute Gasteiger partial charge is 0.225 e. The molecule has 1 aromatic rings. The van der Waals surface area contributed by atoms with Crippen molar-refractivity contribution in [2.75, 3.05) is 37.6 Å². The zero-order chi connectivity index (χ0) is 13.8. The van der Waals surface area contributed by atoms with Gasteiger partial charge in [-0.25, -0.2) is 9.97 Å². The van der Waals surface area contributed by atoms with Gasteiger partial charge in [0.05, 0.1) is 0 Å². The minimum atomic E-state index is 0.338. The molecule has 1 unspecified atom stereocenters. The molecule has 2 fully saturated rings. The molecule has 0 spiro atoms. The van der Waals surface area contributed by atoms with Crippen LogP contribution in [0.1, 0.15) is 25.7 Å². The predicted molar refractivity (Wildman–Crippen MR) is 77.7 cm³/mol. The van der Waals surface area contributed by atoms with Gasteiger partial charge in [0.1, 0.15) is 5.78 Å². The standard InChI is InChI=1S/C15H22N4O/c20-14-4-1-3-13(14)5-8-18-9-11-19(12-10-18)15-16-6-2-7-17-15/h2,6-7,13H,1,3-5,8-12H2. The summed E-state index contributed by atoms with van der Waals surface area (Å²) in [5.41, 5.74) is 0. The van der Waals surface area contributed by atoms with Crippen LogP contribution in [-0.4, -0.2) is 53.4 Å². The molecule has 1 aliphatic carbocycles. The lowest BCUT2D eigenvalue weighted by Crippen LogP contribution is -2.47. The number of anilines is 1. The van der Waals surface area contributed by atoms with E-state index in [9.17, 15) is 4.79 Å². The number of piperazine rings is 1. The zero-order valence-electron chi connectivity index (χ0n) is 11.9. The van der Waals surface area contributed by atoms with Crippen LogP contribution < -0.4 is 4.90 Å². The Balaban J connectivity index is 1.43. The molecule has 1 saturated carbocycles. The maximum Gasteiger partial charge on any atom is 0.225 e. The van der Waals surface area contributed by atoms with Crippen LogP contribution in [0.25, 0.3) is 0 Å². The number of Topliss-reactive ketones (excluding diaryl/α,β-unsaturated/α-hetero) is 1. The van der Waals surface area contributed by atoms with Crippen LogP contribution in [-0.2, 0) is 4.79 Å². The van der Waals surface area contributed by atoms with Crippen LogP contribution in [0.3, 0.4) is 0 Å². The fourth-order valence-electron chi connectivity index (χ4n) is 3.16. The van der Waals surface area contributed by atoms with Gasteiger partial charge in [-0.15, -0.1) is 0 Å². The Kier molecular flexibility index (Phi) is 4.25. The van der Waals surface area contributed by atoms with Crippen molar-refractivity contribution in [2.24, 2.45) is 5.92 Å². The number of hydrogen-bond donors (Lipinski definition) is 0. The van der Waals surface area contributed by atoms with Crippen LogP contribution in [0.15, 0.2) is 18.5 Å². The van der Waals surface area contributed by atoms with Crippen molar-refractivity contribution in [1.29, 1.82) is 0 Å². The number of ketones is 1. The SMILES string of the molecule is O=C1CCCC1CCN1CCN(c2ncccn2)CC1. The van der Waals surface area contributed by atoms with Gasteiger partial charge in [0.25, 0.3) is 0 Å². The molecule has 20 heavy (non-hydrogen) atoms. The van der Waals surface area contributed by atoms with Gasteiger partial charge in [0.15, 0.2) is 0 Å². The van der Waals surface area contributed by atoms with Crippen LogP contribution in [0, 0.1) is 5.92 Å². The quantitative estimate of drug-likeness (QED) is 0.829. The minimum Gasteiger partial charge on any atom is -0.338 e. The fourth-order valence-corrected chi connectivity index (χ4v) is 3.16. The zero-order valence-corrected chi connectivity index (χ0v) is 11.9. The highest BCUT2D eigenvalue weighted by molar-refractivity contribution is 5.82. The monoisotopic (exact) mass is 274 g/mol. The van der Waals surface area contributed by atoms with E-state index < -0.39 is 0 Å². The molecule has 0 radical (unpaired) electrons. The lowest BCUT2D eigenvalue weighted by Gasteiger charge is -2.34. The van der Waals surface area contributed by atoms with Crippen molar-refractivity contribution in [3.63, 3.8) is 0 Å². The molecule has 2 aliphatic rings. The fraction of sp³-hybridized carbons (Fsp3) is 0.667. The van der Waals surface area contributed by atoms with Gasteiger partial charge in [0.2, 0.25) is 5.95 Å². The van der Waals surface area contributed by atoms with Gasteiger partial charge in [-0.2, -0.15) is 0 Å². The van der Waals surface area contributed by atoms with Gasteiger partial charge >= 0.3 is 0 Å². The van der Waals surface area contributed by atoms with Gasteiger partial charge in [-0.05, 0) is 31.9 Å². The van der Waals surface area contributed by atoms with E-state index in [1.165, 1.54) is 0 Å². The van der Waals surface area contributed by atoms with Gasteiger partial charge in [-0.3, -0.25) is 9.69 Å². The molecule has 0 bridgehead atoms. The summed E-state index contributed by atoms with van der Waals surface area (Å²) in [7, 11) is 0. The summed E-state index contributed by atoms with van der Waals surface area (Å²) in [5, 5.41) is 0. The van der Waals surface area contributed by atoms with Gasteiger partial charge < -0.3 is 4.90 Å². The maximum absolute atomic E-state index is 11.6. The van der Waals surface area contributed by atoms with Crippen molar-refractivity contribution < 1.29 is 4.79 Å². The molecule has 3 rings (SSSR count). The van der Waals surface area contributed by atoms with Crippen LogP contribution >= 0.6 is 0 Å². The highest BCUT2D eigenvalue weighted by Gasteiger charge is 2.25. The first-order valence-corrected chi connectivity index (χ1v) is 7.60. The first-order chi connectivity index (χ1) is 9.83.